The summed E-state index contributed by atoms with van der Waals surface area (Å²) in [5.74, 6) is -0.157. The van der Waals surface area contributed by atoms with Gasteiger partial charge >= 0.3 is 0 Å². The molecule has 2 aromatic heterocycles. The first-order valence-corrected chi connectivity index (χ1v) is 6.68. The van der Waals surface area contributed by atoms with Crippen LogP contribution in [0.15, 0.2) is 30.5 Å². The number of nitrogens with one attached hydrogen (secondary N) is 2. The second kappa shape index (κ2) is 5.83. The summed E-state index contributed by atoms with van der Waals surface area (Å²) < 4.78 is 5.34. The summed E-state index contributed by atoms with van der Waals surface area (Å²) in [5, 5.41) is 9.82. The smallest absolute Gasteiger partial charge is 0.269 e. The van der Waals surface area contributed by atoms with Crippen LogP contribution in [0.4, 0.5) is 0 Å². The summed E-state index contributed by atoms with van der Waals surface area (Å²) in [4.78, 5) is 16.3. The largest absolute Gasteiger partial charge is 0.379 e. The third kappa shape index (κ3) is 2.85. The predicted molar refractivity (Wildman–Crippen MR) is 73.1 cm³/mol. The molecule has 1 saturated heterocycles. The lowest BCUT2D eigenvalue weighted by molar-refractivity contribution is 0.0622. The number of carbonyl (C=O) groups is 1. The molecule has 3 heterocycles. The molecule has 2 aromatic rings. The maximum Gasteiger partial charge on any atom is 0.269 e. The van der Waals surface area contributed by atoms with E-state index in [0.717, 1.165) is 25.1 Å². The summed E-state index contributed by atoms with van der Waals surface area (Å²) in [6, 6.07) is 7.37. The van der Waals surface area contributed by atoms with E-state index in [1.807, 2.05) is 18.2 Å². The number of ether oxygens (including phenoxy) is 1. The molecule has 1 aliphatic heterocycles. The van der Waals surface area contributed by atoms with E-state index >= 15 is 0 Å². The first kappa shape index (κ1) is 12.8. The average Bonchev–Trinajstić information content (AvgIpc) is 2.99. The fourth-order valence-corrected chi connectivity index (χ4v) is 2.20. The summed E-state index contributed by atoms with van der Waals surface area (Å²) in [7, 11) is 0. The molecule has 2 N–H and O–H groups in total. The highest BCUT2D eigenvalue weighted by molar-refractivity contribution is 5.93. The standard InChI is InChI=1S/C14H16N4O2/c19-14(16-10-4-3-7-20-9-10)13-8-12(17-18-13)11-5-1-2-6-15-11/h1-2,5-6,8,10H,3-4,7,9H2,(H,16,19)(H,17,18)/t10-/m1/s1. The van der Waals surface area contributed by atoms with Gasteiger partial charge in [0.15, 0.2) is 0 Å². The van der Waals surface area contributed by atoms with Gasteiger partial charge in [0.05, 0.1) is 18.3 Å². The molecule has 0 aliphatic carbocycles. The van der Waals surface area contributed by atoms with Crippen LogP contribution in [0.5, 0.6) is 0 Å². The Morgan fingerprint density at radius 1 is 1.40 bits per heavy atom. The van der Waals surface area contributed by atoms with Crippen LogP contribution in [0.25, 0.3) is 11.4 Å². The molecule has 0 radical (unpaired) electrons. The van der Waals surface area contributed by atoms with Crippen LogP contribution in [0.3, 0.4) is 0 Å². The monoisotopic (exact) mass is 272 g/mol. The minimum absolute atomic E-state index is 0.0813. The molecule has 0 aromatic carbocycles. The fourth-order valence-electron chi connectivity index (χ4n) is 2.20. The van der Waals surface area contributed by atoms with Gasteiger partial charge < -0.3 is 10.1 Å². The lowest BCUT2D eigenvalue weighted by Gasteiger charge is -2.22. The number of rotatable bonds is 3. The van der Waals surface area contributed by atoms with Crippen LogP contribution in [0, 0.1) is 0 Å². The maximum atomic E-state index is 12.1. The van der Waals surface area contributed by atoms with Gasteiger partial charge in [-0.1, -0.05) is 6.07 Å². The quantitative estimate of drug-likeness (QED) is 0.884. The van der Waals surface area contributed by atoms with Gasteiger partial charge in [-0.15, -0.1) is 0 Å². The van der Waals surface area contributed by atoms with Gasteiger partial charge in [0.1, 0.15) is 11.4 Å². The molecule has 3 rings (SSSR count). The molecule has 1 aliphatic rings. The molecule has 1 atom stereocenters. The number of H-pyrrole nitrogens is 1. The number of pyridine rings is 1. The van der Waals surface area contributed by atoms with E-state index in [1.165, 1.54) is 0 Å². The first-order chi connectivity index (χ1) is 9.83. The summed E-state index contributed by atoms with van der Waals surface area (Å²) >= 11 is 0. The highest BCUT2D eigenvalue weighted by Gasteiger charge is 2.18. The SMILES string of the molecule is O=C(N[C@@H]1CCCOC1)c1cc(-c2ccccn2)n[nH]1. The lowest BCUT2D eigenvalue weighted by Crippen LogP contribution is -2.40. The molecule has 0 bridgehead atoms. The molecule has 104 valence electrons. The summed E-state index contributed by atoms with van der Waals surface area (Å²) in [6.07, 6.45) is 3.63. The number of aromatic nitrogens is 3. The molecule has 20 heavy (non-hydrogen) atoms. The molecule has 0 unspecified atom stereocenters. The summed E-state index contributed by atoms with van der Waals surface area (Å²) in [5.41, 5.74) is 1.84. The van der Waals surface area contributed by atoms with Crippen LogP contribution in [-0.4, -0.2) is 40.3 Å². The molecule has 6 nitrogen and oxygen atoms in total. The van der Waals surface area contributed by atoms with E-state index in [9.17, 15) is 4.79 Å². The minimum atomic E-state index is -0.157. The van der Waals surface area contributed by atoms with E-state index in [0.29, 0.717) is 18.0 Å². The molecule has 0 saturated carbocycles. The first-order valence-electron chi connectivity index (χ1n) is 6.68. The Morgan fingerprint density at radius 3 is 3.10 bits per heavy atom. The lowest BCUT2D eigenvalue weighted by atomic mass is 10.1. The Balaban J connectivity index is 1.68. The van der Waals surface area contributed by atoms with Crippen LogP contribution in [-0.2, 0) is 4.74 Å². The van der Waals surface area contributed by atoms with Gasteiger partial charge in [-0.25, -0.2) is 0 Å². The fraction of sp³-hybridized carbons (Fsp3) is 0.357. The Morgan fingerprint density at radius 2 is 2.35 bits per heavy atom. The van der Waals surface area contributed by atoms with Gasteiger partial charge in [0, 0.05) is 12.8 Å². The molecule has 0 spiro atoms. The van der Waals surface area contributed by atoms with E-state index in [1.54, 1.807) is 12.3 Å². The van der Waals surface area contributed by atoms with E-state index in [-0.39, 0.29) is 11.9 Å². The van der Waals surface area contributed by atoms with Crippen LogP contribution < -0.4 is 5.32 Å². The van der Waals surface area contributed by atoms with Crippen molar-refractivity contribution in [2.45, 2.75) is 18.9 Å². The van der Waals surface area contributed by atoms with Gasteiger partial charge in [0.25, 0.3) is 5.91 Å². The highest BCUT2D eigenvalue weighted by Crippen LogP contribution is 2.14. The van der Waals surface area contributed by atoms with Crippen LogP contribution in [0.2, 0.25) is 0 Å². The number of hydrogen-bond donors (Lipinski definition) is 2. The van der Waals surface area contributed by atoms with Gasteiger partial charge in [0.2, 0.25) is 0 Å². The average molecular weight is 272 g/mol. The highest BCUT2D eigenvalue weighted by atomic mass is 16.5. The zero-order chi connectivity index (χ0) is 13.8. The molecule has 1 amide bonds. The normalized spacial score (nSPS) is 18.7. The van der Waals surface area contributed by atoms with Crippen molar-refractivity contribution in [3.05, 3.63) is 36.2 Å². The van der Waals surface area contributed by atoms with E-state index in [4.69, 9.17) is 4.74 Å². The number of aromatic amines is 1. The number of hydrogen-bond acceptors (Lipinski definition) is 4. The van der Waals surface area contributed by atoms with E-state index < -0.39 is 0 Å². The predicted octanol–water partition coefficient (Wildman–Crippen LogP) is 1.38. The Labute approximate surface area is 116 Å². The van der Waals surface area contributed by atoms with Crippen molar-refractivity contribution in [1.29, 1.82) is 0 Å². The minimum Gasteiger partial charge on any atom is -0.379 e. The Kier molecular flexibility index (Phi) is 3.73. The van der Waals surface area contributed by atoms with Crippen LogP contribution >= 0.6 is 0 Å². The topological polar surface area (TPSA) is 79.9 Å². The van der Waals surface area contributed by atoms with E-state index in [2.05, 4.69) is 20.5 Å². The van der Waals surface area contributed by atoms with Crippen molar-refractivity contribution in [2.24, 2.45) is 0 Å². The van der Waals surface area contributed by atoms with Crippen LogP contribution in [0.1, 0.15) is 23.3 Å². The van der Waals surface area contributed by atoms with Crippen molar-refractivity contribution in [3.8, 4) is 11.4 Å². The van der Waals surface area contributed by atoms with Gasteiger partial charge in [-0.2, -0.15) is 5.10 Å². The second-order valence-electron chi connectivity index (χ2n) is 4.77. The molecular formula is C14H16N4O2. The van der Waals surface area contributed by atoms with Crippen molar-refractivity contribution >= 4 is 5.91 Å². The van der Waals surface area contributed by atoms with Crippen molar-refractivity contribution in [2.75, 3.05) is 13.2 Å². The zero-order valence-electron chi connectivity index (χ0n) is 11.0. The Bertz CT molecular complexity index is 576. The Hall–Kier alpha value is -2.21. The van der Waals surface area contributed by atoms with Gasteiger partial charge in [-0.3, -0.25) is 14.9 Å². The second-order valence-corrected chi connectivity index (χ2v) is 4.77. The van der Waals surface area contributed by atoms with Crippen molar-refractivity contribution in [1.82, 2.24) is 20.5 Å². The third-order valence-corrected chi connectivity index (χ3v) is 3.25. The molecular weight excluding hydrogens is 256 g/mol. The zero-order valence-corrected chi connectivity index (χ0v) is 11.0. The molecule has 1 fully saturated rings. The number of carbonyl (C=O) groups excluding carboxylic acids is 1. The molecule has 6 heteroatoms. The summed E-state index contributed by atoms with van der Waals surface area (Å²) in [6.45, 7) is 1.35. The third-order valence-electron chi connectivity index (χ3n) is 3.25. The number of nitrogens with zero attached hydrogens (tertiary/aromatic N) is 2. The number of amides is 1. The maximum absolute atomic E-state index is 12.1. The van der Waals surface area contributed by atoms with Crippen molar-refractivity contribution in [3.63, 3.8) is 0 Å². The van der Waals surface area contributed by atoms with Gasteiger partial charge in [-0.05, 0) is 31.0 Å². The van der Waals surface area contributed by atoms with Crippen molar-refractivity contribution < 1.29 is 9.53 Å².